The van der Waals surface area contributed by atoms with Crippen molar-refractivity contribution in [2.75, 3.05) is 11.9 Å². The van der Waals surface area contributed by atoms with E-state index in [1.54, 1.807) is 18.0 Å². The zero-order valence-corrected chi connectivity index (χ0v) is 10.3. The molecule has 0 fully saturated rings. The van der Waals surface area contributed by atoms with Crippen LogP contribution in [0, 0.1) is 21.4 Å². The highest BCUT2D eigenvalue weighted by molar-refractivity contribution is 6.33. The highest BCUT2D eigenvalue weighted by Gasteiger charge is 2.23. The zero-order chi connectivity index (χ0) is 13.0. The third-order valence-corrected chi connectivity index (χ3v) is 2.87. The van der Waals surface area contributed by atoms with Crippen LogP contribution in [0.15, 0.2) is 18.2 Å². The van der Waals surface area contributed by atoms with Gasteiger partial charge in [0.15, 0.2) is 0 Å². The summed E-state index contributed by atoms with van der Waals surface area (Å²) < 4.78 is 0. The number of hydrogen-bond donors (Lipinski definition) is 0. The normalized spacial score (nSPS) is 11.6. The minimum Gasteiger partial charge on any atom is -0.364 e. The van der Waals surface area contributed by atoms with E-state index in [4.69, 9.17) is 16.9 Å². The van der Waals surface area contributed by atoms with Gasteiger partial charge in [-0.05, 0) is 13.0 Å². The molecule has 0 heterocycles. The second-order valence-electron chi connectivity index (χ2n) is 3.69. The summed E-state index contributed by atoms with van der Waals surface area (Å²) in [5.74, 6) is 0. The van der Waals surface area contributed by atoms with Crippen LogP contribution < -0.4 is 4.90 Å². The molecule has 0 bridgehead atoms. The largest absolute Gasteiger partial charge is 0.364 e. The van der Waals surface area contributed by atoms with E-state index in [2.05, 4.69) is 0 Å². The molecular formula is C11H12ClN3O2. The Morgan fingerprint density at radius 2 is 2.29 bits per heavy atom. The van der Waals surface area contributed by atoms with Crippen molar-refractivity contribution in [2.45, 2.75) is 19.4 Å². The van der Waals surface area contributed by atoms with Gasteiger partial charge in [0.05, 0.1) is 22.4 Å². The molecule has 1 aromatic rings. The molecule has 0 aliphatic rings. The molecule has 0 radical (unpaired) electrons. The number of para-hydroxylation sites is 1. The quantitative estimate of drug-likeness (QED) is 0.611. The first-order valence-corrected chi connectivity index (χ1v) is 5.39. The third-order valence-electron chi connectivity index (χ3n) is 2.56. The zero-order valence-electron chi connectivity index (χ0n) is 9.55. The number of anilines is 1. The number of nitrogens with zero attached hydrogens (tertiary/aromatic N) is 3. The summed E-state index contributed by atoms with van der Waals surface area (Å²) in [6.45, 7) is 1.82. The molecule has 0 saturated carbocycles. The summed E-state index contributed by atoms with van der Waals surface area (Å²) in [5, 5.41) is 19.9. The van der Waals surface area contributed by atoms with Gasteiger partial charge in [-0.25, -0.2) is 0 Å². The lowest BCUT2D eigenvalue weighted by Crippen LogP contribution is -2.29. The molecule has 1 aromatic carbocycles. The fraction of sp³-hybridized carbons (Fsp3) is 0.364. The van der Waals surface area contributed by atoms with Gasteiger partial charge in [0.1, 0.15) is 5.69 Å². The lowest BCUT2D eigenvalue weighted by atomic mass is 10.2. The van der Waals surface area contributed by atoms with Crippen LogP contribution in [0.5, 0.6) is 0 Å². The molecule has 1 unspecified atom stereocenters. The van der Waals surface area contributed by atoms with Gasteiger partial charge < -0.3 is 4.90 Å². The SMILES string of the molecule is CC(CC#N)N(C)c1c(Cl)cccc1[N+](=O)[O-]. The van der Waals surface area contributed by atoms with Gasteiger partial charge in [-0.2, -0.15) is 5.26 Å². The maximum Gasteiger partial charge on any atom is 0.294 e. The van der Waals surface area contributed by atoms with Crippen LogP contribution in [0.25, 0.3) is 0 Å². The first-order chi connectivity index (χ1) is 7.99. The van der Waals surface area contributed by atoms with Crippen molar-refractivity contribution in [3.05, 3.63) is 33.3 Å². The Balaban J connectivity index is 3.20. The van der Waals surface area contributed by atoms with Crippen molar-refractivity contribution in [1.82, 2.24) is 0 Å². The minimum absolute atomic E-state index is 0.0511. The van der Waals surface area contributed by atoms with E-state index in [1.807, 2.05) is 13.0 Å². The van der Waals surface area contributed by atoms with Gasteiger partial charge >= 0.3 is 0 Å². The predicted octanol–water partition coefficient (Wildman–Crippen LogP) is 2.99. The van der Waals surface area contributed by atoms with Crippen LogP contribution in [-0.4, -0.2) is 18.0 Å². The molecule has 0 amide bonds. The number of hydrogen-bond acceptors (Lipinski definition) is 4. The molecule has 17 heavy (non-hydrogen) atoms. The molecule has 6 heteroatoms. The molecule has 90 valence electrons. The van der Waals surface area contributed by atoms with Crippen LogP contribution >= 0.6 is 11.6 Å². The van der Waals surface area contributed by atoms with Crippen molar-refractivity contribution in [3.8, 4) is 6.07 Å². The molecule has 1 atom stereocenters. The number of nitro groups is 1. The third kappa shape index (κ3) is 2.86. The maximum absolute atomic E-state index is 10.9. The lowest BCUT2D eigenvalue weighted by molar-refractivity contribution is -0.384. The van der Waals surface area contributed by atoms with Crippen molar-refractivity contribution in [3.63, 3.8) is 0 Å². The highest BCUT2D eigenvalue weighted by Crippen LogP contribution is 2.35. The van der Waals surface area contributed by atoms with Gasteiger partial charge in [0.2, 0.25) is 0 Å². The Morgan fingerprint density at radius 3 is 2.82 bits per heavy atom. The second kappa shape index (κ2) is 5.51. The molecular weight excluding hydrogens is 242 g/mol. The van der Waals surface area contributed by atoms with E-state index in [0.29, 0.717) is 10.7 Å². The molecule has 0 aliphatic heterocycles. The van der Waals surface area contributed by atoms with Crippen molar-refractivity contribution in [2.24, 2.45) is 0 Å². The first-order valence-electron chi connectivity index (χ1n) is 5.01. The van der Waals surface area contributed by atoms with Crippen molar-refractivity contribution >= 4 is 23.0 Å². The van der Waals surface area contributed by atoms with Crippen LogP contribution in [0.1, 0.15) is 13.3 Å². The Kier molecular flexibility index (Phi) is 4.30. The van der Waals surface area contributed by atoms with Crippen LogP contribution in [0.3, 0.4) is 0 Å². The average molecular weight is 254 g/mol. The fourth-order valence-corrected chi connectivity index (χ4v) is 1.79. The summed E-state index contributed by atoms with van der Waals surface area (Å²) in [6.07, 6.45) is 0.277. The average Bonchev–Trinajstić information content (AvgIpc) is 2.28. The molecule has 0 saturated heterocycles. The molecule has 0 aliphatic carbocycles. The minimum atomic E-state index is -0.475. The number of nitro benzene ring substituents is 1. The van der Waals surface area contributed by atoms with Gasteiger partial charge in [-0.1, -0.05) is 17.7 Å². The maximum atomic E-state index is 10.9. The Morgan fingerprint density at radius 1 is 1.65 bits per heavy atom. The van der Waals surface area contributed by atoms with E-state index < -0.39 is 4.92 Å². The monoisotopic (exact) mass is 253 g/mol. The topological polar surface area (TPSA) is 70.2 Å². The number of benzene rings is 1. The predicted molar refractivity (Wildman–Crippen MR) is 66.2 cm³/mol. The van der Waals surface area contributed by atoms with Gasteiger partial charge in [-0.15, -0.1) is 0 Å². The summed E-state index contributed by atoms with van der Waals surface area (Å²) in [7, 11) is 1.69. The standard InChI is InChI=1S/C11H12ClN3O2/c1-8(6-7-13)14(2)11-9(12)4-3-5-10(11)15(16)17/h3-5,8H,6H2,1-2H3. The van der Waals surface area contributed by atoms with Gasteiger partial charge in [0.25, 0.3) is 5.69 Å². The molecule has 1 rings (SSSR count). The van der Waals surface area contributed by atoms with Crippen molar-refractivity contribution < 1.29 is 4.92 Å². The number of rotatable bonds is 4. The summed E-state index contributed by atoms with van der Waals surface area (Å²) in [6, 6.07) is 6.42. The highest BCUT2D eigenvalue weighted by atomic mass is 35.5. The summed E-state index contributed by atoms with van der Waals surface area (Å²) in [4.78, 5) is 12.1. The molecule has 5 nitrogen and oxygen atoms in total. The molecule has 0 N–H and O–H groups in total. The van der Waals surface area contributed by atoms with Crippen LogP contribution in [-0.2, 0) is 0 Å². The van der Waals surface area contributed by atoms with Crippen LogP contribution in [0.2, 0.25) is 5.02 Å². The summed E-state index contributed by atoms with van der Waals surface area (Å²) in [5.41, 5.74) is 0.298. The Labute approximate surface area is 104 Å². The lowest BCUT2D eigenvalue weighted by Gasteiger charge is -2.25. The summed E-state index contributed by atoms with van der Waals surface area (Å²) >= 11 is 5.98. The molecule has 0 aromatic heterocycles. The smallest absolute Gasteiger partial charge is 0.294 e. The van der Waals surface area contributed by atoms with E-state index in [9.17, 15) is 10.1 Å². The molecule has 0 spiro atoms. The fourth-order valence-electron chi connectivity index (χ4n) is 1.49. The van der Waals surface area contributed by atoms with E-state index >= 15 is 0 Å². The van der Waals surface area contributed by atoms with E-state index in [0.717, 1.165) is 0 Å². The van der Waals surface area contributed by atoms with Gasteiger partial charge in [0, 0.05) is 19.2 Å². The Bertz CT molecular complexity index is 470. The first kappa shape index (κ1) is 13.3. The van der Waals surface area contributed by atoms with Gasteiger partial charge in [-0.3, -0.25) is 10.1 Å². The van der Waals surface area contributed by atoms with E-state index in [-0.39, 0.29) is 18.2 Å². The van der Waals surface area contributed by atoms with E-state index in [1.165, 1.54) is 12.1 Å². The number of nitriles is 1. The number of halogens is 1. The second-order valence-corrected chi connectivity index (χ2v) is 4.09. The Hall–Kier alpha value is -1.80. The van der Waals surface area contributed by atoms with Crippen LogP contribution in [0.4, 0.5) is 11.4 Å². The van der Waals surface area contributed by atoms with Crippen molar-refractivity contribution in [1.29, 1.82) is 5.26 Å².